The summed E-state index contributed by atoms with van der Waals surface area (Å²) in [6.45, 7) is 7.55. The van der Waals surface area contributed by atoms with E-state index >= 15 is 0 Å². The molecular formula is C17H23ClN6O3. The normalized spacial score (nSPS) is 17.8. The minimum absolute atomic E-state index is 0.130. The maximum atomic E-state index is 12.2. The summed E-state index contributed by atoms with van der Waals surface area (Å²) in [6, 6.07) is 0. The van der Waals surface area contributed by atoms with Crippen molar-refractivity contribution >= 4 is 17.7 Å². The quantitative estimate of drug-likeness (QED) is 0.783. The molecule has 1 aliphatic heterocycles. The van der Waals surface area contributed by atoms with Crippen LogP contribution in [0.2, 0.25) is 5.28 Å². The molecule has 9 nitrogen and oxygen atoms in total. The average molecular weight is 395 g/mol. The minimum Gasteiger partial charge on any atom is -0.444 e. The Hall–Kier alpha value is -2.26. The number of halogens is 1. The van der Waals surface area contributed by atoms with Crippen LogP contribution >= 0.6 is 11.6 Å². The Labute approximate surface area is 162 Å². The lowest BCUT2D eigenvalue weighted by Gasteiger charge is -2.33. The van der Waals surface area contributed by atoms with Crippen molar-refractivity contribution in [3.05, 3.63) is 35.4 Å². The van der Waals surface area contributed by atoms with Gasteiger partial charge in [0.05, 0.1) is 12.8 Å². The van der Waals surface area contributed by atoms with E-state index in [0.717, 1.165) is 5.56 Å². The fraction of sp³-hybridized carbons (Fsp3) is 0.588. The number of hydrogen-bond acceptors (Lipinski definition) is 7. The summed E-state index contributed by atoms with van der Waals surface area (Å²) in [4.78, 5) is 25.7. The third kappa shape index (κ3) is 5.86. The lowest BCUT2D eigenvalue weighted by atomic mass is 10.1. The number of ether oxygens (including phenoxy) is 2. The Morgan fingerprint density at radius 3 is 2.96 bits per heavy atom. The Morgan fingerprint density at radius 2 is 2.22 bits per heavy atom. The first-order chi connectivity index (χ1) is 12.8. The predicted molar refractivity (Wildman–Crippen MR) is 97.1 cm³/mol. The molecule has 0 aliphatic carbocycles. The number of nitrogens with zero attached hydrogens (tertiary/aromatic N) is 6. The monoisotopic (exact) mass is 394 g/mol. The van der Waals surface area contributed by atoms with Crippen LogP contribution in [0.1, 0.15) is 32.2 Å². The third-order valence-corrected chi connectivity index (χ3v) is 4.00. The van der Waals surface area contributed by atoms with Crippen LogP contribution in [0.15, 0.2) is 18.7 Å². The van der Waals surface area contributed by atoms with Gasteiger partial charge in [0, 0.05) is 31.6 Å². The van der Waals surface area contributed by atoms with Crippen LogP contribution in [0.3, 0.4) is 0 Å². The van der Waals surface area contributed by atoms with E-state index in [-0.39, 0.29) is 24.0 Å². The van der Waals surface area contributed by atoms with E-state index < -0.39 is 5.60 Å². The molecule has 27 heavy (non-hydrogen) atoms. The molecule has 0 spiro atoms. The second-order valence-electron chi connectivity index (χ2n) is 7.49. The smallest absolute Gasteiger partial charge is 0.412 e. The molecule has 1 amide bonds. The fourth-order valence-corrected chi connectivity index (χ4v) is 2.89. The summed E-state index contributed by atoms with van der Waals surface area (Å²) in [6.07, 6.45) is 5.25. The highest BCUT2D eigenvalue weighted by Crippen LogP contribution is 2.16. The van der Waals surface area contributed by atoms with Gasteiger partial charge in [0.2, 0.25) is 5.28 Å². The maximum absolute atomic E-state index is 12.2. The molecule has 0 saturated carbocycles. The van der Waals surface area contributed by atoms with E-state index in [1.807, 2.05) is 31.6 Å². The summed E-state index contributed by atoms with van der Waals surface area (Å²) in [7, 11) is 0. The van der Waals surface area contributed by atoms with Crippen LogP contribution in [0.25, 0.3) is 0 Å². The zero-order chi connectivity index (χ0) is 19.4. The molecule has 3 heterocycles. The number of rotatable bonds is 4. The average Bonchev–Trinajstić information content (AvgIpc) is 3.00. The van der Waals surface area contributed by atoms with Gasteiger partial charge >= 0.3 is 6.09 Å². The second kappa shape index (κ2) is 8.18. The van der Waals surface area contributed by atoms with Gasteiger partial charge in [0.1, 0.15) is 24.5 Å². The minimum atomic E-state index is -0.529. The van der Waals surface area contributed by atoms with Crippen LogP contribution in [-0.2, 0) is 22.4 Å². The number of carbonyl (C=O) groups is 1. The first-order valence-corrected chi connectivity index (χ1v) is 9.07. The highest BCUT2D eigenvalue weighted by Gasteiger charge is 2.28. The van der Waals surface area contributed by atoms with Gasteiger partial charge in [-0.25, -0.2) is 19.7 Å². The van der Waals surface area contributed by atoms with Gasteiger partial charge in [-0.3, -0.25) is 9.58 Å². The van der Waals surface area contributed by atoms with Crippen molar-refractivity contribution in [1.29, 1.82) is 0 Å². The first kappa shape index (κ1) is 19.5. The summed E-state index contributed by atoms with van der Waals surface area (Å²) in [5, 5.41) is 4.56. The maximum Gasteiger partial charge on any atom is 0.412 e. The van der Waals surface area contributed by atoms with Crippen molar-refractivity contribution in [2.24, 2.45) is 5.92 Å². The Bertz CT molecular complexity index is 791. The van der Waals surface area contributed by atoms with Gasteiger partial charge in [-0.05, 0) is 37.9 Å². The van der Waals surface area contributed by atoms with Gasteiger partial charge in [0.15, 0.2) is 0 Å². The fourth-order valence-electron chi connectivity index (χ4n) is 2.75. The Kier molecular flexibility index (Phi) is 5.91. The highest BCUT2D eigenvalue weighted by atomic mass is 35.5. The van der Waals surface area contributed by atoms with Crippen LogP contribution in [0, 0.1) is 5.92 Å². The number of carbonyl (C=O) groups excluding carboxylic acids is 1. The Morgan fingerprint density at radius 1 is 1.41 bits per heavy atom. The zero-order valence-electron chi connectivity index (χ0n) is 15.6. The molecule has 0 unspecified atom stereocenters. The van der Waals surface area contributed by atoms with Crippen LogP contribution in [0.4, 0.5) is 4.79 Å². The van der Waals surface area contributed by atoms with Crippen LogP contribution in [-0.4, -0.2) is 61.2 Å². The molecule has 1 saturated heterocycles. The van der Waals surface area contributed by atoms with Crippen molar-refractivity contribution in [3.8, 4) is 0 Å². The van der Waals surface area contributed by atoms with Crippen molar-refractivity contribution in [2.75, 3.05) is 19.9 Å². The summed E-state index contributed by atoms with van der Waals surface area (Å²) in [5.74, 6) is 0.720. The van der Waals surface area contributed by atoms with E-state index in [2.05, 4.69) is 20.1 Å². The van der Waals surface area contributed by atoms with Crippen molar-refractivity contribution in [1.82, 2.24) is 29.6 Å². The molecule has 0 bridgehead atoms. The lowest BCUT2D eigenvalue weighted by molar-refractivity contribution is -0.0605. The molecule has 1 fully saturated rings. The molecule has 0 N–H and O–H groups in total. The predicted octanol–water partition coefficient (Wildman–Crippen LogP) is 2.15. The summed E-state index contributed by atoms with van der Waals surface area (Å²) < 4.78 is 12.8. The van der Waals surface area contributed by atoms with Crippen LogP contribution in [0.5, 0.6) is 0 Å². The third-order valence-electron chi connectivity index (χ3n) is 3.82. The molecule has 0 aromatic carbocycles. The van der Waals surface area contributed by atoms with E-state index in [0.29, 0.717) is 31.9 Å². The Balaban J connectivity index is 1.56. The van der Waals surface area contributed by atoms with E-state index in [1.165, 1.54) is 6.33 Å². The zero-order valence-corrected chi connectivity index (χ0v) is 16.4. The SMILES string of the molecule is CC(C)(C)OC(=O)N1COC[C@H](Cn2cc(Cc3ncnc(Cl)n3)cn2)C1. The molecule has 3 rings (SSSR count). The van der Waals surface area contributed by atoms with E-state index in [4.69, 9.17) is 21.1 Å². The summed E-state index contributed by atoms with van der Waals surface area (Å²) >= 11 is 5.78. The molecule has 10 heteroatoms. The second-order valence-corrected chi connectivity index (χ2v) is 7.82. The van der Waals surface area contributed by atoms with Crippen LogP contribution < -0.4 is 0 Å². The molecule has 1 atom stereocenters. The standard InChI is InChI=1S/C17H23ClN6O3/c1-17(2,3)27-16(25)23-6-13(9-26-11-23)8-24-7-12(5-21-24)4-14-19-10-20-15(18)22-14/h5,7,10,13H,4,6,8-9,11H2,1-3H3/t13-/m0/s1. The largest absolute Gasteiger partial charge is 0.444 e. The van der Waals surface area contributed by atoms with Crippen molar-refractivity contribution in [3.63, 3.8) is 0 Å². The number of amides is 1. The number of aromatic nitrogens is 5. The van der Waals surface area contributed by atoms with Crippen molar-refractivity contribution in [2.45, 2.75) is 39.3 Å². The molecule has 1 aliphatic rings. The van der Waals surface area contributed by atoms with E-state index in [9.17, 15) is 4.79 Å². The van der Waals surface area contributed by atoms with Crippen molar-refractivity contribution < 1.29 is 14.3 Å². The topological polar surface area (TPSA) is 95.3 Å². The van der Waals surface area contributed by atoms with Gasteiger partial charge in [-0.15, -0.1) is 0 Å². The number of hydrogen-bond donors (Lipinski definition) is 0. The molecule has 2 aromatic rings. The molecule has 2 aromatic heterocycles. The summed E-state index contributed by atoms with van der Waals surface area (Å²) in [5.41, 5.74) is 0.441. The van der Waals surface area contributed by atoms with Gasteiger partial charge < -0.3 is 9.47 Å². The van der Waals surface area contributed by atoms with Gasteiger partial charge in [-0.2, -0.15) is 5.10 Å². The lowest BCUT2D eigenvalue weighted by Crippen LogP contribution is -2.46. The van der Waals surface area contributed by atoms with E-state index in [1.54, 1.807) is 11.1 Å². The van der Waals surface area contributed by atoms with Gasteiger partial charge in [0.25, 0.3) is 0 Å². The molecule has 0 radical (unpaired) electrons. The highest BCUT2D eigenvalue weighted by molar-refractivity contribution is 6.28. The molecular weight excluding hydrogens is 372 g/mol. The first-order valence-electron chi connectivity index (χ1n) is 8.69. The molecule has 146 valence electrons. The van der Waals surface area contributed by atoms with Gasteiger partial charge in [-0.1, -0.05) is 0 Å².